The van der Waals surface area contributed by atoms with Crippen LogP contribution < -0.4 is 5.32 Å². The molecule has 2 atom stereocenters. The van der Waals surface area contributed by atoms with E-state index >= 15 is 0 Å². The van der Waals surface area contributed by atoms with Crippen molar-refractivity contribution in [1.29, 1.82) is 5.26 Å². The van der Waals surface area contributed by atoms with E-state index in [0.717, 1.165) is 26.1 Å². The number of likely N-dealkylation sites (N-methyl/N-ethyl adjacent to an activating group) is 1. The second-order valence-corrected chi connectivity index (χ2v) is 5.33. The SMILES string of the molecule is CN(CC(C#N)NC1CC1)CC1CCCCO1. The summed E-state index contributed by atoms with van der Waals surface area (Å²) in [4.78, 5) is 2.22. The smallest absolute Gasteiger partial charge is 0.108 e. The lowest BCUT2D eigenvalue weighted by Crippen LogP contribution is -2.43. The number of nitriles is 1. The Labute approximate surface area is 104 Å². The first-order valence-electron chi connectivity index (χ1n) is 6.73. The van der Waals surface area contributed by atoms with Crippen LogP contribution in [0.3, 0.4) is 0 Å². The van der Waals surface area contributed by atoms with Gasteiger partial charge in [0.15, 0.2) is 0 Å². The van der Waals surface area contributed by atoms with Crippen molar-refractivity contribution in [3.05, 3.63) is 0 Å². The van der Waals surface area contributed by atoms with Crippen molar-refractivity contribution in [2.24, 2.45) is 0 Å². The lowest BCUT2D eigenvalue weighted by molar-refractivity contribution is -0.00195. The van der Waals surface area contributed by atoms with Crippen molar-refractivity contribution in [1.82, 2.24) is 10.2 Å². The Bertz CT molecular complexity index is 266. The Morgan fingerprint density at radius 3 is 2.82 bits per heavy atom. The third kappa shape index (κ3) is 4.63. The average molecular weight is 237 g/mol. The molecule has 0 bridgehead atoms. The minimum atomic E-state index is -0.0314. The van der Waals surface area contributed by atoms with E-state index in [4.69, 9.17) is 10.00 Å². The monoisotopic (exact) mass is 237 g/mol. The van der Waals surface area contributed by atoms with Crippen molar-refractivity contribution in [3.8, 4) is 6.07 Å². The molecular weight excluding hydrogens is 214 g/mol. The topological polar surface area (TPSA) is 48.3 Å². The molecule has 4 heteroatoms. The van der Waals surface area contributed by atoms with Crippen molar-refractivity contribution >= 4 is 0 Å². The summed E-state index contributed by atoms with van der Waals surface area (Å²) >= 11 is 0. The number of nitrogens with one attached hydrogen (secondary N) is 1. The maximum Gasteiger partial charge on any atom is 0.108 e. The predicted octanol–water partition coefficient (Wildman–Crippen LogP) is 1.13. The van der Waals surface area contributed by atoms with Crippen LogP contribution in [0.2, 0.25) is 0 Å². The molecular formula is C13H23N3O. The van der Waals surface area contributed by atoms with E-state index in [1.54, 1.807) is 0 Å². The van der Waals surface area contributed by atoms with E-state index in [2.05, 4.69) is 23.3 Å². The standard InChI is InChI=1S/C13H23N3O/c1-16(10-13-4-2-3-7-17-13)9-12(8-14)15-11-5-6-11/h11-13,15H,2-7,9-10H2,1H3. The Morgan fingerprint density at radius 2 is 2.24 bits per heavy atom. The normalized spacial score (nSPS) is 26.8. The summed E-state index contributed by atoms with van der Waals surface area (Å²) in [5, 5.41) is 12.5. The molecule has 0 radical (unpaired) electrons. The van der Waals surface area contributed by atoms with Gasteiger partial charge in [-0.05, 0) is 39.2 Å². The van der Waals surface area contributed by atoms with Crippen LogP contribution in [0, 0.1) is 11.3 Å². The summed E-state index contributed by atoms with van der Waals surface area (Å²) in [5.41, 5.74) is 0. The fourth-order valence-electron chi connectivity index (χ4n) is 2.35. The summed E-state index contributed by atoms with van der Waals surface area (Å²) in [7, 11) is 2.08. The highest BCUT2D eigenvalue weighted by Crippen LogP contribution is 2.19. The van der Waals surface area contributed by atoms with Gasteiger partial charge in [-0.3, -0.25) is 5.32 Å². The van der Waals surface area contributed by atoms with Gasteiger partial charge < -0.3 is 9.64 Å². The second-order valence-electron chi connectivity index (χ2n) is 5.33. The highest BCUT2D eigenvalue weighted by molar-refractivity contribution is 4.97. The van der Waals surface area contributed by atoms with E-state index in [1.807, 2.05) is 0 Å². The van der Waals surface area contributed by atoms with Crippen LogP contribution in [0.5, 0.6) is 0 Å². The van der Waals surface area contributed by atoms with Crippen LogP contribution in [0.1, 0.15) is 32.1 Å². The molecule has 4 nitrogen and oxygen atoms in total. The number of ether oxygens (including phenoxy) is 1. The van der Waals surface area contributed by atoms with E-state index in [0.29, 0.717) is 12.1 Å². The minimum Gasteiger partial charge on any atom is -0.377 e. The van der Waals surface area contributed by atoms with Gasteiger partial charge in [0.25, 0.3) is 0 Å². The third-order valence-electron chi connectivity index (χ3n) is 3.45. The molecule has 1 heterocycles. The van der Waals surface area contributed by atoms with Crippen molar-refractivity contribution in [3.63, 3.8) is 0 Å². The number of nitrogens with zero attached hydrogens (tertiary/aromatic N) is 2. The fraction of sp³-hybridized carbons (Fsp3) is 0.923. The first-order chi connectivity index (χ1) is 8.28. The third-order valence-corrected chi connectivity index (χ3v) is 3.45. The van der Waals surface area contributed by atoms with Gasteiger partial charge in [-0.1, -0.05) is 0 Å². The van der Waals surface area contributed by atoms with E-state index in [-0.39, 0.29) is 6.04 Å². The summed E-state index contributed by atoms with van der Waals surface area (Å²) < 4.78 is 5.71. The van der Waals surface area contributed by atoms with Gasteiger partial charge in [0, 0.05) is 25.7 Å². The Morgan fingerprint density at radius 1 is 1.41 bits per heavy atom. The average Bonchev–Trinajstić information content (AvgIpc) is 3.13. The van der Waals surface area contributed by atoms with Crippen LogP contribution in [0.4, 0.5) is 0 Å². The lowest BCUT2D eigenvalue weighted by atomic mass is 10.1. The van der Waals surface area contributed by atoms with Gasteiger partial charge in [0.2, 0.25) is 0 Å². The van der Waals surface area contributed by atoms with Gasteiger partial charge in [0.1, 0.15) is 6.04 Å². The molecule has 1 N–H and O–H groups in total. The van der Waals surface area contributed by atoms with Gasteiger partial charge in [-0.25, -0.2) is 0 Å². The zero-order chi connectivity index (χ0) is 12.1. The summed E-state index contributed by atoms with van der Waals surface area (Å²) in [5.74, 6) is 0. The molecule has 1 saturated carbocycles. The molecule has 2 aliphatic rings. The van der Waals surface area contributed by atoms with Crippen LogP contribution in [-0.4, -0.2) is 49.8 Å². The van der Waals surface area contributed by atoms with Gasteiger partial charge in [-0.2, -0.15) is 5.26 Å². The largest absolute Gasteiger partial charge is 0.377 e. The quantitative estimate of drug-likeness (QED) is 0.752. The molecule has 2 rings (SSSR count). The zero-order valence-electron chi connectivity index (χ0n) is 10.7. The molecule has 1 aliphatic carbocycles. The van der Waals surface area contributed by atoms with E-state index in [1.165, 1.54) is 25.7 Å². The number of hydrogen-bond donors (Lipinski definition) is 1. The van der Waals surface area contributed by atoms with E-state index < -0.39 is 0 Å². The van der Waals surface area contributed by atoms with Crippen LogP contribution in [0.15, 0.2) is 0 Å². The predicted molar refractivity (Wildman–Crippen MR) is 66.6 cm³/mol. The van der Waals surface area contributed by atoms with Crippen LogP contribution in [-0.2, 0) is 4.74 Å². The molecule has 0 aromatic carbocycles. The molecule has 0 aromatic rings. The van der Waals surface area contributed by atoms with Crippen molar-refractivity contribution < 1.29 is 4.74 Å². The maximum atomic E-state index is 9.09. The lowest BCUT2D eigenvalue weighted by Gasteiger charge is -2.28. The Kier molecular flexibility index (Phi) is 4.78. The van der Waals surface area contributed by atoms with Crippen LogP contribution in [0.25, 0.3) is 0 Å². The molecule has 0 amide bonds. The molecule has 96 valence electrons. The minimum absolute atomic E-state index is 0.0314. The number of hydrogen-bond acceptors (Lipinski definition) is 4. The molecule has 1 saturated heterocycles. The fourth-order valence-corrected chi connectivity index (χ4v) is 2.35. The molecule has 17 heavy (non-hydrogen) atoms. The summed E-state index contributed by atoms with van der Waals surface area (Å²) in [6.45, 7) is 2.65. The Hall–Kier alpha value is -0.630. The van der Waals surface area contributed by atoms with Gasteiger partial charge in [-0.15, -0.1) is 0 Å². The molecule has 1 aliphatic heterocycles. The highest BCUT2D eigenvalue weighted by atomic mass is 16.5. The van der Waals surface area contributed by atoms with Gasteiger partial charge in [0.05, 0.1) is 12.2 Å². The maximum absolute atomic E-state index is 9.09. The molecule has 2 fully saturated rings. The highest BCUT2D eigenvalue weighted by Gasteiger charge is 2.25. The van der Waals surface area contributed by atoms with Crippen LogP contribution >= 0.6 is 0 Å². The van der Waals surface area contributed by atoms with Gasteiger partial charge >= 0.3 is 0 Å². The first-order valence-corrected chi connectivity index (χ1v) is 6.73. The summed E-state index contributed by atoms with van der Waals surface area (Å²) in [6.07, 6.45) is 6.47. The van der Waals surface area contributed by atoms with E-state index in [9.17, 15) is 0 Å². The molecule has 2 unspecified atom stereocenters. The van der Waals surface area contributed by atoms with Crippen molar-refractivity contribution in [2.75, 3.05) is 26.7 Å². The Balaban J connectivity index is 1.67. The summed E-state index contributed by atoms with van der Waals surface area (Å²) in [6, 6.07) is 2.91. The second kappa shape index (κ2) is 6.34. The first kappa shape index (κ1) is 12.8. The van der Waals surface area contributed by atoms with Crippen molar-refractivity contribution in [2.45, 2.75) is 50.3 Å². The molecule has 0 spiro atoms. The molecule has 0 aromatic heterocycles. The zero-order valence-corrected chi connectivity index (χ0v) is 10.7. The number of rotatable bonds is 6.